The van der Waals surface area contributed by atoms with Gasteiger partial charge in [-0.1, -0.05) is 6.92 Å². The lowest BCUT2D eigenvalue weighted by Gasteiger charge is -2.27. The summed E-state index contributed by atoms with van der Waals surface area (Å²) in [6, 6.07) is 0. The molecule has 1 rings (SSSR count). The molecule has 0 saturated heterocycles. The SMILES string of the molecule is CCCNC(=O)C1CCC(C(=O)NCCCN(C)C)CC1. The number of hydrogen-bond donors (Lipinski definition) is 2. The molecule has 0 aromatic heterocycles. The van der Waals surface area contributed by atoms with Crippen LogP contribution in [0.4, 0.5) is 0 Å². The summed E-state index contributed by atoms with van der Waals surface area (Å²) in [5.74, 6) is 0.539. The predicted octanol–water partition coefficient (Wildman–Crippen LogP) is 1.39. The van der Waals surface area contributed by atoms with Crippen LogP contribution in [0.3, 0.4) is 0 Å². The number of hydrogen-bond acceptors (Lipinski definition) is 3. The first-order chi connectivity index (χ1) is 10.0. The Morgan fingerprint density at radius 1 is 0.952 bits per heavy atom. The Morgan fingerprint density at radius 3 is 1.86 bits per heavy atom. The van der Waals surface area contributed by atoms with Crippen LogP contribution in [0, 0.1) is 11.8 Å². The van der Waals surface area contributed by atoms with Gasteiger partial charge in [0.2, 0.25) is 11.8 Å². The number of nitrogens with zero attached hydrogens (tertiary/aromatic N) is 1. The predicted molar refractivity (Wildman–Crippen MR) is 84.9 cm³/mol. The van der Waals surface area contributed by atoms with Gasteiger partial charge in [-0.3, -0.25) is 9.59 Å². The Bertz CT molecular complexity index is 323. The quantitative estimate of drug-likeness (QED) is 0.666. The smallest absolute Gasteiger partial charge is 0.223 e. The van der Waals surface area contributed by atoms with E-state index in [1.54, 1.807) is 0 Å². The molecule has 0 unspecified atom stereocenters. The molecule has 122 valence electrons. The highest BCUT2D eigenvalue weighted by Gasteiger charge is 2.29. The molecule has 0 aromatic carbocycles. The van der Waals surface area contributed by atoms with Gasteiger partial charge in [-0.25, -0.2) is 0 Å². The fourth-order valence-corrected chi connectivity index (χ4v) is 2.76. The van der Waals surface area contributed by atoms with Crippen LogP contribution < -0.4 is 10.6 Å². The third kappa shape index (κ3) is 6.93. The van der Waals surface area contributed by atoms with E-state index in [1.807, 2.05) is 14.1 Å². The van der Waals surface area contributed by atoms with Gasteiger partial charge in [0.05, 0.1) is 0 Å². The summed E-state index contributed by atoms with van der Waals surface area (Å²) >= 11 is 0. The third-order valence-electron chi connectivity index (χ3n) is 4.10. The first kappa shape index (κ1) is 18.0. The summed E-state index contributed by atoms with van der Waals surface area (Å²) in [6.07, 6.45) is 5.30. The van der Waals surface area contributed by atoms with E-state index in [0.717, 1.165) is 58.2 Å². The molecule has 2 N–H and O–H groups in total. The molecule has 1 fully saturated rings. The average Bonchev–Trinajstić information content (AvgIpc) is 2.49. The number of nitrogens with one attached hydrogen (secondary N) is 2. The zero-order valence-corrected chi connectivity index (χ0v) is 13.8. The number of carbonyl (C=O) groups is 2. The second-order valence-electron chi connectivity index (χ2n) is 6.29. The maximum absolute atomic E-state index is 12.1. The van der Waals surface area contributed by atoms with E-state index in [-0.39, 0.29) is 23.7 Å². The number of carbonyl (C=O) groups excluding carboxylic acids is 2. The second-order valence-corrected chi connectivity index (χ2v) is 6.29. The van der Waals surface area contributed by atoms with Crippen LogP contribution in [-0.2, 0) is 9.59 Å². The number of rotatable bonds is 8. The zero-order chi connectivity index (χ0) is 15.7. The van der Waals surface area contributed by atoms with Gasteiger partial charge in [-0.2, -0.15) is 0 Å². The lowest BCUT2D eigenvalue weighted by atomic mass is 9.81. The van der Waals surface area contributed by atoms with Crippen LogP contribution in [0.15, 0.2) is 0 Å². The van der Waals surface area contributed by atoms with Gasteiger partial charge >= 0.3 is 0 Å². The van der Waals surface area contributed by atoms with Gasteiger partial charge in [0.25, 0.3) is 0 Å². The molecule has 1 aliphatic rings. The summed E-state index contributed by atoms with van der Waals surface area (Å²) in [5.41, 5.74) is 0. The largest absolute Gasteiger partial charge is 0.356 e. The van der Waals surface area contributed by atoms with E-state index >= 15 is 0 Å². The van der Waals surface area contributed by atoms with E-state index < -0.39 is 0 Å². The van der Waals surface area contributed by atoms with Gasteiger partial charge < -0.3 is 15.5 Å². The molecule has 0 bridgehead atoms. The van der Waals surface area contributed by atoms with E-state index in [2.05, 4.69) is 22.5 Å². The van der Waals surface area contributed by atoms with Gasteiger partial charge in [0, 0.05) is 24.9 Å². The first-order valence-electron chi connectivity index (χ1n) is 8.24. The molecule has 1 aliphatic carbocycles. The average molecular weight is 297 g/mol. The molecule has 0 spiro atoms. The summed E-state index contributed by atoms with van der Waals surface area (Å²) in [5, 5.41) is 5.97. The van der Waals surface area contributed by atoms with Crippen LogP contribution in [0.2, 0.25) is 0 Å². The van der Waals surface area contributed by atoms with Crippen LogP contribution in [0.1, 0.15) is 45.4 Å². The molecule has 0 atom stereocenters. The van der Waals surface area contributed by atoms with Crippen molar-refractivity contribution in [2.45, 2.75) is 45.4 Å². The highest BCUT2D eigenvalue weighted by molar-refractivity contribution is 5.81. The van der Waals surface area contributed by atoms with Crippen molar-refractivity contribution in [1.82, 2.24) is 15.5 Å². The van der Waals surface area contributed by atoms with Gasteiger partial charge in [0.15, 0.2) is 0 Å². The summed E-state index contributed by atoms with van der Waals surface area (Å²) in [6.45, 7) is 4.54. The minimum atomic E-state index is 0.0968. The zero-order valence-electron chi connectivity index (χ0n) is 13.8. The van der Waals surface area contributed by atoms with E-state index in [0.29, 0.717) is 0 Å². The van der Waals surface area contributed by atoms with Gasteiger partial charge in [-0.15, -0.1) is 0 Å². The molecule has 0 heterocycles. The fraction of sp³-hybridized carbons (Fsp3) is 0.875. The van der Waals surface area contributed by atoms with Crippen LogP contribution in [0.25, 0.3) is 0 Å². The molecule has 5 nitrogen and oxygen atoms in total. The third-order valence-corrected chi connectivity index (χ3v) is 4.10. The normalized spacial score (nSPS) is 22.1. The topological polar surface area (TPSA) is 61.4 Å². The molecule has 21 heavy (non-hydrogen) atoms. The molecule has 0 aromatic rings. The van der Waals surface area contributed by atoms with Crippen molar-refractivity contribution in [3.63, 3.8) is 0 Å². The Balaban J connectivity index is 2.19. The van der Waals surface area contributed by atoms with Crippen molar-refractivity contribution in [1.29, 1.82) is 0 Å². The van der Waals surface area contributed by atoms with E-state index in [4.69, 9.17) is 0 Å². The number of amides is 2. The maximum Gasteiger partial charge on any atom is 0.223 e. The minimum Gasteiger partial charge on any atom is -0.356 e. The van der Waals surface area contributed by atoms with Crippen molar-refractivity contribution in [3.8, 4) is 0 Å². The van der Waals surface area contributed by atoms with Gasteiger partial charge in [-0.05, 0) is 59.2 Å². The van der Waals surface area contributed by atoms with Crippen molar-refractivity contribution in [2.75, 3.05) is 33.7 Å². The van der Waals surface area contributed by atoms with E-state index in [9.17, 15) is 9.59 Å². The van der Waals surface area contributed by atoms with Crippen LogP contribution >= 0.6 is 0 Å². The highest BCUT2D eigenvalue weighted by atomic mass is 16.2. The lowest BCUT2D eigenvalue weighted by molar-refractivity contribution is -0.130. The second kappa shape index (κ2) is 9.77. The van der Waals surface area contributed by atoms with E-state index in [1.165, 1.54) is 0 Å². The van der Waals surface area contributed by atoms with Crippen LogP contribution in [-0.4, -0.2) is 50.4 Å². The van der Waals surface area contributed by atoms with Crippen LogP contribution in [0.5, 0.6) is 0 Å². The van der Waals surface area contributed by atoms with Crippen molar-refractivity contribution in [3.05, 3.63) is 0 Å². The maximum atomic E-state index is 12.1. The lowest BCUT2D eigenvalue weighted by Crippen LogP contribution is -2.38. The molecule has 0 aliphatic heterocycles. The van der Waals surface area contributed by atoms with Gasteiger partial charge in [0.1, 0.15) is 0 Å². The molecule has 1 saturated carbocycles. The summed E-state index contributed by atoms with van der Waals surface area (Å²) in [4.78, 5) is 26.1. The highest BCUT2D eigenvalue weighted by Crippen LogP contribution is 2.29. The van der Waals surface area contributed by atoms with Crippen molar-refractivity contribution >= 4 is 11.8 Å². The Labute approximate surface area is 128 Å². The fourth-order valence-electron chi connectivity index (χ4n) is 2.76. The monoisotopic (exact) mass is 297 g/mol. The Hall–Kier alpha value is -1.10. The summed E-state index contributed by atoms with van der Waals surface area (Å²) in [7, 11) is 4.07. The standard InChI is InChI=1S/C16H31N3O2/c1-4-10-17-15(20)13-6-8-14(9-7-13)16(21)18-11-5-12-19(2)3/h13-14H,4-12H2,1-3H3,(H,17,20)(H,18,21). The molecule has 0 radical (unpaired) electrons. The molecular formula is C16H31N3O2. The molecule has 5 heteroatoms. The Kier molecular flexibility index (Phi) is 8.35. The molecule has 2 amide bonds. The first-order valence-corrected chi connectivity index (χ1v) is 8.24. The minimum absolute atomic E-state index is 0.0968. The Morgan fingerprint density at radius 2 is 1.43 bits per heavy atom. The molecular weight excluding hydrogens is 266 g/mol. The van der Waals surface area contributed by atoms with Crippen molar-refractivity contribution < 1.29 is 9.59 Å². The summed E-state index contributed by atoms with van der Waals surface area (Å²) < 4.78 is 0. The van der Waals surface area contributed by atoms with Crippen molar-refractivity contribution in [2.24, 2.45) is 11.8 Å².